The fraction of sp³-hybridized carbons (Fsp3) is 0.294. The number of benzene rings is 1. The predicted molar refractivity (Wildman–Crippen MR) is 102 cm³/mol. The minimum atomic E-state index is -3.74. The Morgan fingerprint density at radius 3 is 2.31 bits per heavy atom. The lowest BCUT2D eigenvalue weighted by molar-refractivity contribution is -0.139. The molecule has 0 aliphatic carbocycles. The number of rotatable bonds is 6. The van der Waals surface area contributed by atoms with Crippen LogP contribution in [-0.2, 0) is 19.4 Å². The Labute approximate surface area is 161 Å². The standard InChI is InChI=1S/C17H19ClN2O4S2/c1-11(2)20-17(22)16(21)19-10-14(12-5-7-13(18)8-6-12)26(23,24)15-4-3-9-25-15/h3-9,11,14H,10H2,1-2H3,(H,19,21)(H,20,22)/t14-/m0/s1. The smallest absolute Gasteiger partial charge is 0.309 e. The molecule has 0 unspecified atom stereocenters. The van der Waals surface area contributed by atoms with Gasteiger partial charge in [-0.25, -0.2) is 8.42 Å². The maximum atomic E-state index is 13.0. The summed E-state index contributed by atoms with van der Waals surface area (Å²) in [6, 6.07) is 9.32. The van der Waals surface area contributed by atoms with Crippen molar-refractivity contribution < 1.29 is 18.0 Å². The number of thiophene rings is 1. The normalized spacial score (nSPS) is 12.6. The molecule has 1 heterocycles. The summed E-state index contributed by atoms with van der Waals surface area (Å²) in [5.74, 6) is -1.68. The second-order valence-electron chi connectivity index (χ2n) is 5.86. The highest BCUT2D eigenvalue weighted by Crippen LogP contribution is 2.31. The van der Waals surface area contributed by atoms with Gasteiger partial charge in [-0.2, -0.15) is 0 Å². The quantitative estimate of drug-likeness (QED) is 0.710. The lowest BCUT2D eigenvalue weighted by Gasteiger charge is -2.18. The van der Waals surface area contributed by atoms with Gasteiger partial charge in [-0.3, -0.25) is 9.59 Å². The Kier molecular flexibility index (Phi) is 6.80. The van der Waals surface area contributed by atoms with Crippen molar-refractivity contribution in [3.05, 3.63) is 52.4 Å². The number of carbonyl (C=O) groups is 2. The largest absolute Gasteiger partial charge is 0.346 e. The fourth-order valence-electron chi connectivity index (χ4n) is 2.24. The zero-order valence-corrected chi connectivity index (χ0v) is 16.6. The van der Waals surface area contributed by atoms with Crippen LogP contribution in [-0.4, -0.2) is 32.8 Å². The van der Waals surface area contributed by atoms with Gasteiger partial charge in [0.05, 0.1) is 0 Å². The van der Waals surface area contributed by atoms with Crippen LogP contribution >= 0.6 is 22.9 Å². The molecule has 0 saturated heterocycles. The number of hydrogen-bond acceptors (Lipinski definition) is 5. The van der Waals surface area contributed by atoms with Crippen LogP contribution in [0.4, 0.5) is 0 Å². The summed E-state index contributed by atoms with van der Waals surface area (Å²) in [5.41, 5.74) is 0.479. The van der Waals surface area contributed by atoms with Crippen molar-refractivity contribution in [2.75, 3.05) is 6.54 Å². The van der Waals surface area contributed by atoms with E-state index in [2.05, 4.69) is 10.6 Å². The molecular formula is C17H19ClN2O4S2. The molecule has 0 spiro atoms. The molecule has 1 aromatic heterocycles. The van der Waals surface area contributed by atoms with Crippen LogP contribution in [0.5, 0.6) is 0 Å². The van der Waals surface area contributed by atoms with Crippen LogP contribution in [0.3, 0.4) is 0 Å². The third-order valence-corrected chi connectivity index (χ3v) is 7.25. The third kappa shape index (κ3) is 5.06. The lowest BCUT2D eigenvalue weighted by Crippen LogP contribution is -2.44. The Morgan fingerprint density at radius 1 is 1.12 bits per heavy atom. The second kappa shape index (κ2) is 8.66. The molecule has 0 saturated carbocycles. The first-order valence-corrected chi connectivity index (χ1v) is 10.6. The summed E-state index contributed by atoms with van der Waals surface area (Å²) in [5, 5.41) is 5.98. The minimum absolute atomic E-state index is 0.193. The SMILES string of the molecule is CC(C)NC(=O)C(=O)NC[C@@H](c1ccc(Cl)cc1)S(=O)(=O)c1cccs1. The number of amides is 2. The molecule has 2 amide bonds. The molecule has 0 bridgehead atoms. The molecule has 0 fully saturated rings. The van der Waals surface area contributed by atoms with E-state index in [4.69, 9.17) is 11.6 Å². The molecule has 6 nitrogen and oxygen atoms in total. The number of sulfone groups is 1. The highest BCUT2D eigenvalue weighted by atomic mass is 35.5. The minimum Gasteiger partial charge on any atom is -0.346 e. The van der Waals surface area contributed by atoms with Crippen molar-refractivity contribution in [2.24, 2.45) is 0 Å². The highest BCUT2D eigenvalue weighted by Gasteiger charge is 2.31. The van der Waals surface area contributed by atoms with E-state index in [1.54, 1.807) is 49.6 Å². The zero-order chi connectivity index (χ0) is 19.3. The molecule has 140 valence electrons. The van der Waals surface area contributed by atoms with Crippen molar-refractivity contribution >= 4 is 44.6 Å². The van der Waals surface area contributed by atoms with Gasteiger partial charge in [-0.1, -0.05) is 29.8 Å². The molecule has 1 aromatic carbocycles. The first-order chi connectivity index (χ1) is 12.2. The van der Waals surface area contributed by atoms with Gasteiger partial charge in [0.15, 0.2) is 9.84 Å². The average Bonchev–Trinajstić information content (AvgIpc) is 3.11. The van der Waals surface area contributed by atoms with Crippen LogP contribution in [0.2, 0.25) is 5.02 Å². The molecule has 0 aliphatic rings. The van der Waals surface area contributed by atoms with E-state index in [1.807, 2.05) is 0 Å². The second-order valence-corrected chi connectivity index (χ2v) is 9.60. The Morgan fingerprint density at radius 2 is 1.77 bits per heavy atom. The summed E-state index contributed by atoms with van der Waals surface area (Å²) in [7, 11) is -3.74. The van der Waals surface area contributed by atoms with Crippen molar-refractivity contribution in [1.82, 2.24) is 10.6 Å². The number of nitrogens with one attached hydrogen (secondary N) is 2. The van der Waals surface area contributed by atoms with Crippen LogP contribution < -0.4 is 10.6 Å². The topological polar surface area (TPSA) is 92.3 Å². The van der Waals surface area contributed by atoms with Crippen molar-refractivity contribution in [2.45, 2.75) is 29.3 Å². The van der Waals surface area contributed by atoms with Gasteiger partial charge in [-0.15, -0.1) is 11.3 Å². The third-order valence-electron chi connectivity index (χ3n) is 3.47. The number of halogens is 1. The van der Waals surface area contributed by atoms with E-state index in [-0.39, 0.29) is 16.8 Å². The van der Waals surface area contributed by atoms with Gasteiger partial charge >= 0.3 is 11.8 Å². The predicted octanol–water partition coefficient (Wildman–Crippen LogP) is 2.56. The molecule has 2 aromatic rings. The van der Waals surface area contributed by atoms with Crippen molar-refractivity contribution in [1.29, 1.82) is 0 Å². The van der Waals surface area contributed by atoms with Crippen molar-refractivity contribution in [3.8, 4) is 0 Å². The first-order valence-electron chi connectivity index (χ1n) is 7.83. The Balaban J connectivity index is 2.26. The zero-order valence-electron chi connectivity index (χ0n) is 14.2. The first kappa shape index (κ1) is 20.4. The van der Waals surface area contributed by atoms with E-state index in [9.17, 15) is 18.0 Å². The highest BCUT2D eigenvalue weighted by molar-refractivity contribution is 7.93. The van der Waals surface area contributed by atoms with Crippen LogP contribution in [0.1, 0.15) is 24.7 Å². The summed E-state index contributed by atoms with van der Waals surface area (Å²) in [6.07, 6.45) is 0. The summed E-state index contributed by atoms with van der Waals surface area (Å²) < 4.78 is 26.1. The summed E-state index contributed by atoms with van der Waals surface area (Å²) in [6.45, 7) is 3.22. The molecule has 2 rings (SSSR count). The Bertz CT molecular complexity index is 863. The maximum absolute atomic E-state index is 13.0. The summed E-state index contributed by atoms with van der Waals surface area (Å²) >= 11 is 6.98. The van der Waals surface area contributed by atoms with Crippen LogP contribution in [0.25, 0.3) is 0 Å². The lowest BCUT2D eigenvalue weighted by atomic mass is 10.1. The molecule has 26 heavy (non-hydrogen) atoms. The van der Waals surface area contributed by atoms with Crippen molar-refractivity contribution in [3.63, 3.8) is 0 Å². The monoisotopic (exact) mass is 414 g/mol. The fourth-order valence-corrected chi connectivity index (χ4v) is 5.24. The molecule has 2 N–H and O–H groups in total. The van der Waals surface area contributed by atoms with Crippen LogP contribution in [0.15, 0.2) is 46.0 Å². The van der Waals surface area contributed by atoms with Gasteiger partial charge in [0, 0.05) is 17.6 Å². The summed E-state index contributed by atoms with van der Waals surface area (Å²) in [4.78, 5) is 23.7. The average molecular weight is 415 g/mol. The molecule has 9 heteroatoms. The molecule has 0 radical (unpaired) electrons. The van der Waals surface area contributed by atoms with Gasteiger partial charge in [0.1, 0.15) is 9.46 Å². The number of hydrogen-bond donors (Lipinski definition) is 2. The van der Waals surface area contributed by atoms with Gasteiger partial charge in [0.2, 0.25) is 0 Å². The van der Waals surface area contributed by atoms with Gasteiger partial charge < -0.3 is 10.6 Å². The van der Waals surface area contributed by atoms with Gasteiger partial charge in [0.25, 0.3) is 0 Å². The van der Waals surface area contributed by atoms with Gasteiger partial charge in [-0.05, 0) is 43.0 Å². The molecular weight excluding hydrogens is 396 g/mol. The molecule has 1 atom stereocenters. The maximum Gasteiger partial charge on any atom is 0.309 e. The van der Waals surface area contributed by atoms with E-state index in [1.165, 1.54) is 6.07 Å². The Hall–Kier alpha value is -1.90. The van der Waals surface area contributed by atoms with E-state index in [0.29, 0.717) is 10.6 Å². The van der Waals surface area contributed by atoms with E-state index in [0.717, 1.165) is 11.3 Å². The molecule has 0 aliphatic heterocycles. The van der Waals surface area contributed by atoms with E-state index < -0.39 is 26.9 Å². The van der Waals surface area contributed by atoms with E-state index >= 15 is 0 Å². The number of carbonyl (C=O) groups excluding carboxylic acids is 2. The van der Waals surface area contributed by atoms with Crippen LogP contribution in [0, 0.1) is 0 Å².